The van der Waals surface area contributed by atoms with Gasteiger partial charge in [0.25, 0.3) is 0 Å². The molecule has 0 fully saturated rings. The Balaban J connectivity index is 2.49. The third kappa shape index (κ3) is 4.64. The van der Waals surface area contributed by atoms with Crippen molar-refractivity contribution in [1.82, 2.24) is 5.32 Å². The number of hydrogen-bond acceptors (Lipinski definition) is 1. The summed E-state index contributed by atoms with van der Waals surface area (Å²) >= 11 is 5.84. The van der Waals surface area contributed by atoms with Gasteiger partial charge in [0.15, 0.2) is 0 Å². The van der Waals surface area contributed by atoms with E-state index in [2.05, 4.69) is 33.0 Å². The Morgan fingerprint density at radius 2 is 2.00 bits per heavy atom. The van der Waals surface area contributed by atoms with Crippen LogP contribution in [0.25, 0.3) is 0 Å². The van der Waals surface area contributed by atoms with Crippen LogP contribution in [0.4, 0.5) is 4.39 Å². The number of rotatable bonds is 4. The van der Waals surface area contributed by atoms with E-state index < -0.39 is 0 Å². The highest BCUT2D eigenvalue weighted by Crippen LogP contribution is 2.24. The largest absolute Gasteiger partial charge is 0.312 e. The minimum atomic E-state index is -0.203. The van der Waals surface area contributed by atoms with Gasteiger partial charge >= 0.3 is 0 Å². The monoisotopic (exact) mass is 257 g/mol. The van der Waals surface area contributed by atoms with Crippen LogP contribution in [0.5, 0.6) is 0 Å². The van der Waals surface area contributed by atoms with E-state index in [0.717, 1.165) is 6.54 Å². The van der Waals surface area contributed by atoms with Crippen LogP contribution in [-0.2, 0) is 6.54 Å². The standard InChI is InChI=1S/C14H21ClFN/c1-10(14(2,3)4)8-17-9-11-7-12(15)5-6-13(11)16/h5-7,10,17H,8-9H2,1-4H3. The Bertz CT molecular complexity index is 371. The van der Waals surface area contributed by atoms with Gasteiger partial charge in [-0.25, -0.2) is 4.39 Å². The lowest BCUT2D eigenvalue weighted by Crippen LogP contribution is -2.29. The molecule has 0 amide bonds. The van der Waals surface area contributed by atoms with E-state index in [4.69, 9.17) is 11.6 Å². The van der Waals surface area contributed by atoms with Gasteiger partial charge in [0.05, 0.1) is 0 Å². The first-order chi connectivity index (χ1) is 7.80. The maximum Gasteiger partial charge on any atom is 0.127 e. The number of benzene rings is 1. The van der Waals surface area contributed by atoms with Crippen molar-refractivity contribution in [1.29, 1.82) is 0 Å². The van der Waals surface area contributed by atoms with Gasteiger partial charge in [-0.3, -0.25) is 0 Å². The van der Waals surface area contributed by atoms with E-state index >= 15 is 0 Å². The van der Waals surface area contributed by atoms with E-state index in [1.165, 1.54) is 6.07 Å². The van der Waals surface area contributed by atoms with Crippen molar-refractivity contribution < 1.29 is 4.39 Å². The molecule has 0 aliphatic rings. The third-order valence-corrected chi connectivity index (χ3v) is 3.49. The second-order valence-corrected chi connectivity index (χ2v) is 6.07. The molecule has 0 radical (unpaired) electrons. The molecule has 0 bridgehead atoms. The van der Waals surface area contributed by atoms with Gasteiger partial charge < -0.3 is 5.32 Å². The molecule has 0 aromatic heterocycles. The summed E-state index contributed by atoms with van der Waals surface area (Å²) in [5.74, 6) is 0.329. The van der Waals surface area contributed by atoms with Crippen molar-refractivity contribution in [3.63, 3.8) is 0 Å². The summed E-state index contributed by atoms with van der Waals surface area (Å²) in [6.07, 6.45) is 0. The molecule has 1 rings (SSSR count). The van der Waals surface area contributed by atoms with Gasteiger partial charge in [-0.15, -0.1) is 0 Å². The molecule has 0 saturated carbocycles. The predicted molar refractivity (Wildman–Crippen MR) is 71.7 cm³/mol. The molecule has 0 heterocycles. The molecule has 1 N–H and O–H groups in total. The van der Waals surface area contributed by atoms with Crippen LogP contribution < -0.4 is 5.32 Å². The minimum absolute atomic E-state index is 0.203. The SMILES string of the molecule is CC(CNCc1cc(Cl)ccc1F)C(C)(C)C. The second-order valence-electron chi connectivity index (χ2n) is 5.63. The molecule has 0 aliphatic carbocycles. The fourth-order valence-corrected chi connectivity index (χ4v) is 1.60. The molecule has 0 spiro atoms. The number of nitrogens with one attached hydrogen (secondary N) is 1. The van der Waals surface area contributed by atoms with Crippen LogP contribution in [-0.4, -0.2) is 6.54 Å². The summed E-state index contributed by atoms with van der Waals surface area (Å²) in [6.45, 7) is 10.2. The average molecular weight is 258 g/mol. The van der Waals surface area contributed by atoms with Gasteiger partial charge in [0.2, 0.25) is 0 Å². The molecular weight excluding hydrogens is 237 g/mol. The van der Waals surface area contributed by atoms with Gasteiger partial charge in [-0.2, -0.15) is 0 Å². The number of hydrogen-bond donors (Lipinski definition) is 1. The first-order valence-electron chi connectivity index (χ1n) is 5.95. The zero-order valence-electron chi connectivity index (χ0n) is 11.0. The zero-order valence-corrected chi connectivity index (χ0v) is 11.7. The quantitative estimate of drug-likeness (QED) is 0.850. The molecule has 1 unspecified atom stereocenters. The fourth-order valence-electron chi connectivity index (χ4n) is 1.41. The molecule has 0 saturated heterocycles. The first-order valence-corrected chi connectivity index (χ1v) is 6.33. The highest BCUT2D eigenvalue weighted by molar-refractivity contribution is 6.30. The molecule has 1 atom stereocenters. The average Bonchev–Trinajstić information content (AvgIpc) is 2.21. The molecule has 96 valence electrons. The molecule has 1 aromatic carbocycles. The van der Waals surface area contributed by atoms with Crippen LogP contribution in [0, 0.1) is 17.2 Å². The Hall–Kier alpha value is -0.600. The summed E-state index contributed by atoms with van der Waals surface area (Å²) in [4.78, 5) is 0. The first kappa shape index (κ1) is 14.5. The van der Waals surface area contributed by atoms with E-state index in [1.54, 1.807) is 12.1 Å². The Morgan fingerprint density at radius 3 is 2.59 bits per heavy atom. The summed E-state index contributed by atoms with van der Waals surface area (Å²) in [5.41, 5.74) is 0.887. The lowest BCUT2D eigenvalue weighted by Gasteiger charge is -2.27. The molecule has 0 aliphatic heterocycles. The highest BCUT2D eigenvalue weighted by Gasteiger charge is 2.19. The molecule has 1 aromatic rings. The van der Waals surface area contributed by atoms with Crippen LogP contribution in [0.2, 0.25) is 5.02 Å². The van der Waals surface area contributed by atoms with E-state index in [-0.39, 0.29) is 11.2 Å². The van der Waals surface area contributed by atoms with Gasteiger partial charge in [-0.05, 0) is 36.1 Å². The Kier molecular flexibility index (Phi) is 4.96. The summed E-state index contributed by atoms with van der Waals surface area (Å²) in [5, 5.41) is 3.85. The van der Waals surface area contributed by atoms with Crippen LogP contribution in [0.1, 0.15) is 33.3 Å². The smallest absolute Gasteiger partial charge is 0.127 e. The molecule has 3 heteroatoms. The minimum Gasteiger partial charge on any atom is -0.312 e. The molecule has 1 nitrogen and oxygen atoms in total. The fraction of sp³-hybridized carbons (Fsp3) is 0.571. The Labute approximate surface area is 108 Å². The van der Waals surface area contributed by atoms with Crippen LogP contribution in [0.15, 0.2) is 18.2 Å². The third-order valence-electron chi connectivity index (χ3n) is 3.25. The van der Waals surface area contributed by atoms with E-state index in [0.29, 0.717) is 23.0 Å². The predicted octanol–water partition coefficient (Wildman–Crippen LogP) is 4.25. The molecular formula is C14H21ClFN. The maximum absolute atomic E-state index is 13.4. The van der Waals surface area contributed by atoms with Crippen molar-refractivity contribution in [3.8, 4) is 0 Å². The van der Waals surface area contributed by atoms with Gasteiger partial charge in [0.1, 0.15) is 5.82 Å². The lowest BCUT2D eigenvalue weighted by molar-refractivity contribution is 0.252. The van der Waals surface area contributed by atoms with Crippen molar-refractivity contribution in [2.24, 2.45) is 11.3 Å². The van der Waals surface area contributed by atoms with Crippen molar-refractivity contribution in [2.45, 2.75) is 34.2 Å². The summed E-state index contributed by atoms with van der Waals surface area (Å²) in [7, 11) is 0. The molecule has 17 heavy (non-hydrogen) atoms. The van der Waals surface area contributed by atoms with Gasteiger partial charge in [0, 0.05) is 17.1 Å². The normalized spacial score (nSPS) is 13.8. The topological polar surface area (TPSA) is 12.0 Å². The van der Waals surface area contributed by atoms with Crippen LogP contribution in [0.3, 0.4) is 0 Å². The Morgan fingerprint density at radius 1 is 1.35 bits per heavy atom. The number of halogens is 2. The van der Waals surface area contributed by atoms with Crippen molar-refractivity contribution in [2.75, 3.05) is 6.54 Å². The highest BCUT2D eigenvalue weighted by atomic mass is 35.5. The van der Waals surface area contributed by atoms with Crippen molar-refractivity contribution >= 4 is 11.6 Å². The van der Waals surface area contributed by atoms with E-state index in [1.807, 2.05) is 0 Å². The maximum atomic E-state index is 13.4. The van der Waals surface area contributed by atoms with Crippen molar-refractivity contribution in [3.05, 3.63) is 34.6 Å². The lowest BCUT2D eigenvalue weighted by atomic mass is 9.82. The van der Waals surface area contributed by atoms with Crippen LogP contribution >= 0.6 is 11.6 Å². The van der Waals surface area contributed by atoms with E-state index in [9.17, 15) is 4.39 Å². The zero-order chi connectivity index (χ0) is 13.1. The van der Waals surface area contributed by atoms with Gasteiger partial charge in [-0.1, -0.05) is 39.3 Å². The summed E-state index contributed by atoms with van der Waals surface area (Å²) in [6, 6.07) is 4.65. The second kappa shape index (κ2) is 5.83. The summed E-state index contributed by atoms with van der Waals surface area (Å²) < 4.78 is 13.4.